The van der Waals surface area contributed by atoms with Gasteiger partial charge in [-0.15, -0.1) is 0 Å². The Balaban J connectivity index is 1.42. The van der Waals surface area contributed by atoms with Crippen molar-refractivity contribution in [2.24, 2.45) is 7.05 Å². The average Bonchev–Trinajstić information content (AvgIpc) is 3.26. The Labute approximate surface area is 210 Å². The second-order valence-electron chi connectivity index (χ2n) is 9.52. The predicted octanol–water partition coefficient (Wildman–Crippen LogP) is 2.92. The van der Waals surface area contributed by atoms with E-state index in [9.17, 15) is 9.59 Å². The number of fused-ring (bicyclic) bond motifs is 1. The van der Waals surface area contributed by atoms with Gasteiger partial charge in [0.1, 0.15) is 0 Å². The molecule has 1 fully saturated rings. The third-order valence-corrected chi connectivity index (χ3v) is 6.95. The number of hydrogen-bond acceptors (Lipinski definition) is 5. The minimum Gasteiger partial charge on any atom is -0.340 e. The smallest absolute Gasteiger partial charge is 0.329 e. The molecule has 186 valence electrons. The van der Waals surface area contributed by atoms with Gasteiger partial charge in [-0.3, -0.25) is 23.8 Å². The van der Waals surface area contributed by atoms with E-state index in [0.29, 0.717) is 17.7 Å². The molecular formula is C28H32N6O2. The number of anilines is 1. The summed E-state index contributed by atoms with van der Waals surface area (Å²) in [5.74, 6) is 0.733. The molecule has 2 aromatic carbocycles. The van der Waals surface area contributed by atoms with E-state index < -0.39 is 11.2 Å². The van der Waals surface area contributed by atoms with Crippen molar-refractivity contribution in [3.63, 3.8) is 0 Å². The van der Waals surface area contributed by atoms with Gasteiger partial charge in [-0.1, -0.05) is 66.2 Å². The first-order valence-electron chi connectivity index (χ1n) is 12.4. The standard InChI is InChI=1S/C28H32N6O2/c1-20-11-12-21(2)23(18-20)19-34-24-25(31(3)28(36)30-26(24)35)29-27(34)33-16-14-32(15-17-33)13-7-10-22-8-5-4-6-9-22/h4-12,18H,13-17,19H2,1-3H3,(H,30,35,36). The van der Waals surface area contributed by atoms with Crippen LogP contribution in [-0.2, 0) is 13.6 Å². The summed E-state index contributed by atoms with van der Waals surface area (Å²) >= 11 is 0. The Morgan fingerprint density at radius 2 is 1.75 bits per heavy atom. The molecule has 0 unspecified atom stereocenters. The van der Waals surface area contributed by atoms with Crippen molar-refractivity contribution in [3.8, 4) is 0 Å². The average molecular weight is 485 g/mol. The van der Waals surface area contributed by atoms with Crippen molar-refractivity contribution in [2.45, 2.75) is 20.4 Å². The number of rotatable bonds is 6. The first-order valence-corrected chi connectivity index (χ1v) is 12.4. The van der Waals surface area contributed by atoms with Crippen LogP contribution in [0.3, 0.4) is 0 Å². The van der Waals surface area contributed by atoms with E-state index in [1.165, 1.54) is 15.7 Å². The SMILES string of the molecule is Cc1ccc(C)c(Cn2c(N3CCN(CC=Cc4ccccc4)CC3)nc3c2c(=O)[nH]c(=O)n3C)c1. The molecule has 0 saturated carbocycles. The number of hydrogen-bond donors (Lipinski definition) is 1. The second-order valence-corrected chi connectivity index (χ2v) is 9.52. The van der Waals surface area contributed by atoms with Crippen LogP contribution in [-0.4, -0.2) is 56.7 Å². The fourth-order valence-corrected chi connectivity index (χ4v) is 4.79. The van der Waals surface area contributed by atoms with Crippen LogP contribution in [0.15, 0.2) is 64.2 Å². The molecular weight excluding hydrogens is 452 g/mol. The van der Waals surface area contributed by atoms with Crippen LogP contribution in [0.5, 0.6) is 0 Å². The number of nitrogens with zero attached hydrogens (tertiary/aromatic N) is 5. The van der Waals surface area contributed by atoms with Gasteiger partial charge in [0.2, 0.25) is 5.95 Å². The highest BCUT2D eigenvalue weighted by Gasteiger charge is 2.25. The highest BCUT2D eigenvalue weighted by molar-refractivity contribution is 5.74. The van der Waals surface area contributed by atoms with Crippen molar-refractivity contribution in [2.75, 3.05) is 37.6 Å². The van der Waals surface area contributed by atoms with Gasteiger partial charge in [0.05, 0.1) is 6.54 Å². The first kappa shape index (κ1) is 23.8. The molecule has 8 nitrogen and oxygen atoms in total. The molecule has 2 aromatic heterocycles. The molecule has 0 amide bonds. The zero-order valence-corrected chi connectivity index (χ0v) is 21.1. The van der Waals surface area contributed by atoms with Gasteiger partial charge < -0.3 is 4.90 Å². The third kappa shape index (κ3) is 4.77. The highest BCUT2D eigenvalue weighted by Crippen LogP contribution is 2.24. The highest BCUT2D eigenvalue weighted by atomic mass is 16.2. The molecule has 0 atom stereocenters. The summed E-state index contributed by atoms with van der Waals surface area (Å²) in [6.45, 7) is 8.91. The van der Waals surface area contributed by atoms with Crippen molar-refractivity contribution < 1.29 is 0 Å². The summed E-state index contributed by atoms with van der Waals surface area (Å²) in [7, 11) is 1.65. The van der Waals surface area contributed by atoms with Crippen molar-refractivity contribution in [1.82, 2.24) is 24.0 Å². The van der Waals surface area contributed by atoms with Crippen LogP contribution < -0.4 is 16.1 Å². The lowest BCUT2D eigenvalue weighted by atomic mass is 10.1. The molecule has 0 spiro atoms. The molecule has 0 aliphatic carbocycles. The molecule has 1 N–H and O–H groups in total. The van der Waals surface area contributed by atoms with Crippen molar-refractivity contribution in [3.05, 3.63) is 97.7 Å². The molecule has 8 heteroatoms. The van der Waals surface area contributed by atoms with Crippen LogP contribution in [0.25, 0.3) is 17.2 Å². The van der Waals surface area contributed by atoms with Gasteiger partial charge in [-0.2, -0.15) is 4.98 Å². The molecule has 5 rings (SSSR count). The predicted molar refractivity (Wildman–Crippen MR) is 145 cm³/mol. The number of aromatic nitrogens is 4. The number of piperazine rings is 1. The fourth-order valence-electron chi connectivity index (χ4n) is 4.79. The van der Waals surface area contributed by atoms with E-state index in [1.807, 2.05) is 22.8 Å². The minimum atomic E-state index is -0.453. The van der Waals surface area contributed by atoms with Crippen LogP contribution in [0.4, 0.5) is 5.95 Å². The van der Waals surface area contributed by atoms with E-state index in [2.05, 4.69) is 71.1 Å². The number of imidazole rings is 1. The van der Waals surface area contributed by atoms with Crippen LogP contribution in [0.2, 0.25) is 0 Å². The van der Waals surface area contributed by atoms with E-state index in [1.54, 1.807) is 7.05 Å². The summed E-state index contributed by atoms with van der Waals surface area (Å²) in [6.07, 6.45) is 4.36. The summed E-state index contributed by atoms with van der Waals surface area (Å²) in [5, 5.41) is 0. The van der Waals surface area contributed by atoms with Gasteiger partial charge >= 0.3 is 5.69 Å². The van der Waals surface area contributed by atoms with Gasteiger partial charge in [0.25, 0.3) is 5.56 Å². The molecule has 1 aliphatic heterocycles. The molecule has 36 heavy (non-hydrogen) atoms. The number of benzene rings is 2. The normalized spacial score (nSPS) is 14.8. The summed E-state index contributed by atoms with van der Waals surface area (Å²) in [6, 6.07) is 16.7. The Morgan fingerprint density at radius 3 is 2.50 bits per heavy atom. The lowest BCUT2D eigenvalue weighted by molar-refractivity contribution is 0.282. The maximum atomic E-state index is 12.9. The van der Waals surface area contributed by atoms with Crippen LogP contribution >= 0.6 is 0 Å². The van der Waals surface area contributed by atoms with E-state index in [-0.39, 0.29) is 0 Å². The Bertz CT molecular complexity index is 1520. The van der Waals surface area contributed by atoms with Gasteiger partial charge in [0.15, 0.2) is 11.2 Å². The Hall–Kier alpha value is -3.91. The zero-order chi connectivity index (χ0) is 25.2. The number of H-pyrrole nitrogens is 1. The number of aryl methyl sites for hydroxylation is 3. The van der Waals surface area contributed by atoms with Crippen molar-refractivity contribution >= 4 is 23.2 Å². The molecule has 0 bridgehead atoms. The summed E-state index contributed by atoms with van der Waals surface area (Å²) < 4.78 is 3.39. The van der Waals surface area contributed by atoms with E-state index >= 15 is 0 Å². The monoisotopic (exact) mass is 484 g/mol. The Kier molecular flexibility index (Phi) is 6.61. The van der Waals surface area contributed by atoms with Crippen LogP contribution in [0.1, 0.15) is 22.3 Å². The molecule has 4 aromatic rings. The Morgan fingerprint density at radius 1 is 1.00 bits per heavy atom. The molecule has 1 aliphatic rings. The maximum absolute atomic E-state index is 12.9. The van der Waals surface area contributed by atoms with Gasteiger partial charge in [-0.25, -0.2) is 4.79 Å². The van der Waals surface area contributed by atoms with E-state index in [4.69, 9.17) is 4.98 Å². The maximum Gasteiger partial charge on any atom is 0.329 e. The molecule has 0 radical (unpaired) electrons. The van der Waals surface area contributed by atoms with E-state index in [0.717, 1.165) is 49.8 Å². The number of aromatic amines is 1. The second kappa shape index (κ2) is 9.99. The lowest BCUT2D eigenvalue weighted by Gasteiger charge is -2.35. The van der Waals surface area contributed by atoms with Gasteiger partial charge in [-0.05, 0) is 30.5 Å². The lowest BCUT2D eigenvalue weighted by Crippen LogP contribution is -2.47. The summed E-state index contributed by atoms with van der Waals surface area (Å²) in [4.78, 5) is 37.1. The zero-order valence-electron chi connectivity index (χ0n) is 21.1. The fraction of sp³-hybridized carbons (Fsp3) is 0.321. The summed E-state index contributed by atoms with van der Waals surface area (Å²) in [5.41, 5.74) is 4.65. The van der Waals surface area contributed by atoms with Crippen LogP contribution in [0, 0.1) is 13.8 Å². The molecule has 3 heterocycles. The minimum absolute atomic E-state index is 0.401. The number of nitrogens with one attached hydrogen (secondary N) is 1. The van der Waals surface area contributed by atoms with Gasteiger partial charge in [0, 0.05) is 39.8 Å². The quantitative estimate of drug-likeness (QED) is 0.455. The topological polar surface area (TPSA) is 79.2 Å². The largest absolute Gasteiger partial charge is 0.340 e. The third-order valence-electron chi connectivity index (χ3n) is 6.95. The first-order chi connectivity index (χ1) is 17.4. The molecule has 1 saturated heterocycles. The van der Waals surface area contributed by atoms with Crippen molar-refractivity contribution in [1.29, 1.82) is 0 Å².